The van der Waals surface area contributed by atoms with E-state index in [2.05, 4.69) is 11.9 Å². The van der Waals surface area contributed by atoms with Crippen molar-refractivity contribution in [2.75, 3.05) is 13.7 Å². The molecule has 1 N–H and O–H groups in total. The number of carbonyl (C=O) groups is 1. The molecule has 0 aliphatic heterocycles. The van der Waals surface area contributed by atoms with Crippen LogP contribution in [0.3, 0.4) is 0 Å². The molecule has 0 spiro atoms. The van der Waals surface area contributed by atoms with Crippen molar-refractivity contribution in [2.45, 2.75) is 19.3 Å². The third-order valence-corrected chi connectivity index (χ3v) is 2.47. The molecule has 0 unspecified atom stereocenters. The first kappa shape index (κ1) is 13.3. The number of nitrogens with one attached hydrogen (secondary N) is 1. The molecule has 3 nitrogen and oxygen atoms in total. The van der Waals surface area contributed by atoms with Crippen molar-refractivity contribution in [3.05, 3.63) is 42.5 Å². The summed E-state index contributed by atoms with van der Waals surface area (Å²) in [6.45, 7) is 4.28. The van der Waals surface area contributed by atoms with E-state index < -0.39 is 0 Å². The summed E-state index contributed by atoms with van der Waals surface area (Å²) in [6.07, 6.45) is 3.88. The maximum Gasteiger partial charge on any atom is 0.220 e. The highest BCUT2D eigenvalue weighted by Gasteiger charge is 2.01. The molecular weight excluding hydrogens is 214 g/mol. The smallest absolute Gasteiger partial charge is 0.220 e. The van der Waals surface area contributed by atoms with Crippen molar-refractivity contribution >= 4 is 5.91 Å². The molecule has 0 bridgehead atoms. The van der Waals surface area contributed by atoms with Gasteiger partial charge in [0.2, 0.25) is 5.91 Å². The zero-order chi connectivity index (χ0) is 12.5. The highest BCUT2D eigenvalue weighted by Crippen LogP contribution is 2.12. The van der Waals surface area contributed by atoms with Crippen LogP contribution in [0.25, 0.3) is 0 Å². The number of hydrogen-bond acceptors (Lipinski definition) is 2. The summed E-state index contributed by atoms with van der Waals surface area (Å²) in [5.74, 6) is 0.923. The van der Waals surface area contributed by atoms with Gasteiger partial charge >= 0.3 is 0 Å². The van der Waals surface area contributed by atoms with Crippen LogP contribution in [-0.4, -0.2) is 19.6 Å². The first-order valence-electron chi connectivity index (χ1n) is 5.77. The molecule has 92 valence electrons. The fourth-order valence-corrected chi connectivity index (χ4v) is 1.45. The van der Waals surface area contributed by atoms with Gasteiger partial charge in [-0.2, -0.15) is 0 Å². The van der Waals surface area contributed by atoms with Gasteiger partial charge in [0.25, 0.3) is 0 Å². The zero-order valence-electron chi connectivity index (χ0n) is 10.2. The van der Waals surface area contributed by atoms with Gasteiger partial charge in [0.1, 0.15) is 5.75 Å². The predicted molar refractivity (Wildman–Crippen MR) is 69.1 cm³/mol. The molecule has 0 heterocycles. The second kappa shape index (κ2) is 7.49. The minimum Gasteiger partial charge on any atom is -0.497 e. The highest BCUT2D eigenvalue weighted by molar-refractivity contribution is 5.76. The molecule has 0 atom stereocenters. The lowest BCUT2D eigenvalue weighted by Crippen LogP contribution is -2.24. The summed E-state index contributed by atoms with van der Waals surface area (Å²) >= 11 is 0. The maximum atomic E-state index is 11.4. The van der Waals surface area contributed by atoms with E-state index in [9.17, 15) is 4.79 Å². The van der Waals surface area contributed by atoms with E-state index in [-0.39, 0.29) is 5.91 Å². The minimum atomic E-state index is 0.0858. The van der Waals surface area contributed by atoms with E-state index in [1.807, 2.05) is 24.3 Å². The fourth-order valence-electron chi connectivity index (χ4n) is 1.45. The van der Waals surface area contributed by atoms with Crippen LogP contribution in [0.15, 0.2) is 36.9 Å². The van der Waals surface area contributed by atoms with Gasteiger partial charge in [-0.1, -0.05) is 18.2 Å². The Morgan fingerprint density at radius 2 is 2.12 bits per heavy atom. The lowest BCUT2D eigenvalue weighted by atomic mass is 10.1. The summed E-state index contributed by atoms with van der Waals surface area (Å²) in [5, 5.41) is 2.84. The lowest BCUT2D eigenvalue weighted by molar-refractivity contribution is -0.121. The summed E-state index contributed by atoms with van der Waals surface area (Å²) < 4.78 is 5.07. The van der Waals surface area contributed by atoms with Crippen LogP contribution < -0.4 is 10.1 Å². The predicted octanol–water partition coefficient (Wildman–Crippen LogP) is 2.32. The van der Waals surface area contributed by atoms with E-state index in [0.29, 0.717) is 13.0 Å². The quantitative estimate of drug-likeness (QED) is 0.580. The van der Waals surface area contributed by atoms with E-state index >= 15 is 0 Å². The standard InChI is InChI=1S/C14H19NO2/c1-3-4-11-15-14(16)10-7-12-5-8-13(17-2)9-6-12/h3,5-6,8-9H,1,4,7,10-11H2,2H3,(H,15,16). The Labute approximate surface area is 102 Å². The van der Waals surface area contributed by atoms with Crippen molar-refractivity contribution in [1.82, 2.24) is 5.32 Å². The summed E-state index contributed by atoms with van der Waals surface area (Å²) in [4.78, 5) is 11.4. The molecule has 1 aromatic rings. The van der Waals surface area contributed by atoms with Crippen molar-refractivity contribution in [3.63, 3.8) is 0 Å². The number of amides is 1. The van der Waals surface area contributed by atoms with Crippen LogP contribution in [0.2, 0.25) is 0 Å². The van der Waals surface area contributed by atoms with E-state index in [0.717, 1.165) is 24.2 Å². The second-order valence-electron chi connectivity index (χ2n) is 3.78. The van der Waals surface area contributed by atoms with Gasteiger partial charge in [-0.25, -0.2) is 0 Å². The Kier molecular flexibility index (Phi) is 5.86. The molecule has 0 radical (unpaired) electrons. The summed E-state index contributed by atoms with van der Waals surface area (Å²) in [5.41, 5.74) is 1.14. The third kappa shape index (κ3) is 5.20. The summed E-state index contributed by atoms with van der Waals surface area (Å²) in [6, 6.07) is 7.78. The van der Waals surface area contributed by atoms with Crippen LogP contribution >= 0.6 is 0 Å². The molecule has 0 fully saturated rings. The largest absolute Gasteiger partial charge is 0.497 e. The number of benzene rings is 1. The van der Waals surface area contributed by atoms with Gasteiger partial charge in [0, 0.05) is 13.0 Å². The van der Waals surface area contributed by atoms with Crippen molar-refractivity contribution in [1.29, 1.82) is 0 Å². The van der Waals surface area contributed by atoms with Crippen LogP contribution in [0.5, 0.6) is 5.75 Å². The molecule has 0 aliphatic rings. The fraction of sp³-hybridized carbons (Fsp3) is 0.357. The molecule has 0 saturated heterocycles. The number of hydrogen-bond donors (Lipinski definition) is 1. The van der Waals surface area contributed by atoms with Gasteiger partial charge < -0.3 is 10.1 Å². The Hall–Kier alpha value is -1.77. The van der Waals surface area contributed by atoms with E-state index in [4.69, 9.17) is 4.74 Å². The average Bonchev–Trinajstić information content (AvgIpc) is 2.37. The number of carbonyl (C=O) groups excluding carboxylic acids is 1. The number of ether oxygens (including phenoxy) is 1. The highest BCUT2D eigenvalue weighted by atomic mass is 16.5. The molecule has 0 aliphatic carbocycles. The Balaban J connectivity index is 2.29. The zero-order valence-corrected chi connectivity index (χ0v) is 10.2. The van der Waals surface area contributed by atoms with Crippen LogP contribution in [0, 0.1) is 0 Å². The Morgan fingerprint density at radius 1 is 1.41 bits per heavy atom. The normalized spacial score (nSPS) is 9.71. The first-order chi connectivity index (χ1) is 8.26. The molecule has 0 saturated carbocycles. The van der Waals surface area contributed by atoms with Crippen LogP contribution in [-0.2, 0) is 11.2 Å². The van der Waals surface area contributed by atoms with Crippen molar-refractivity contribution in [3.8, 4) is 5.75 Å². The van der Waals surface area contributed by atoms with Gasteiger partial charge in [0.05, 0.1) is 7.11 Å². The summed E-state index contributed by atoms with van der Waals surface area (Å²) in [7, 11) is 1.64. The van der Waals surface area contributed by atoms with Gasteiger partial charge in [-0.3, -0.25) is 4.79 Å². The number of methoxy groups -OCH3 is 1. The topological polar surface area (TPSA) is 38.3 Å². The van der Waals surface area contributed by atoms with Gasteiger partial charge in [0.15, 0.2) is 0 Å². The molecule has 0 aromatic heterocycles. The van der Waals surface area contributed by atoms with Crippen LogP contribution in [0.4, 0.5) is 0 Å². The average molecular weight is 233 g/mol. The van der Waals surface area contributed by atoms with Crippen molar-refractivity contribution < 1.29 is 9.53 Å². The lowest BCUT2D eigenvalue weighted by Gasteiger charge is -2.04. The Bertz CT molecular complexity index is 357. The molecular formula is C14H19NO2. The number of rotatable bonds is 7. The van der Waals surface area contributed by atoms with Crippen LogP contribution in [0.1, 0.15) is 18.4 Å². The maximum absolute atomic E-state index is 11.4. The molecule has 1 rings (SSSR count). The Morgan fingerprint density at radius 3 is 2.71 bits per heavy atom. The van der Waals surface area contributed by atoms with Gasteiger partial charge in [-0.05, 0) is 30.5 Å². The minimum absolute atomic E-state index is 0.0858. The third-order valence-electron chi connectivity index (χ3n) is 2.47. The molecule has 17 heavy (non-hydrogen) atoms. The monoisotopic (exact) mass is 233 g/mol. The molecule has 1 aromatic carbocycles. The SMILES string of the molecule is C=CCCNC(=O)CCc1ccc(OC)cc1. The number of aryl methyl sites for hydroxylation is 1. The second-order valence-corrected chi connectivity index (χ2v) is 3.78. The molecule has 1 amide bonds. The van der Waals surface area contributed by atoms with E-state index in [1.165, 1.54) is 0 Å². The first-order valence-corrected chi connectivity index (χ1v) is 5.77. The molecule has 3 heteroatoms. The van der Waals surface area contributed by atoms with E-state index in [1.54, 1.807) is 13.2 Å². The van der Waals surface area contributed by atoms with Crippen molar-refractivity contribution in [2.24, 2.45) is 0 Å². The van der Waals surface area contributed by atoms with Gasteiger partial charge in [-0.15, -0.1) is 6.58 Å².